The highest BCUT2D eigenvalue weighted by Crippen LogP contribution is 2.29. The largest absolute Gasteiger partial charge is 0.341 e. The molecule has 3 rings (SSSR count). The van der Waals surface area contributed by atoms with Crippen molar-refractivity contribution < 1.29 is 4.79 Å². The summed E-state index contributed by atoms with van der Waals surface area (Å²) >= 11 is 6.19. The molecule has 0 unspecified atom stereocenters. The number of hydrogen-bond donors (Lipinski definition) is 1. The lowest BCUT2D eigenvalue weighted by Gasteiger charge is -2.32. The Kier molecular flexibility index (Phi) is 5.14. The van der Waals surface area contributed by atoms with Gasteiger partial charge in [0.05, 0.1) is 21.9 Å². The van der Waals surface area contributed by atoms with Crippen LogP contribution in [0.15, 0.2) is 60.7 Å². The summed E-state index contributed by atoms with van der Waals surface area (Å²) in [6.07, 6.45) is 0. The maximum atomic E-state index is 12.8. The molecule has 0 aliphatic carbocycles. The number of aryl methyl sites for hydroxylation is 1. The molecule has 134 valence electrons. The fourth-order valence-electron chi connectivity index (χ4n) is 3.14. The van der Waals surface area contributed by atoms with Gasteiger partial charge in [0, 0.05) is 0 Å². The molecule has 0 saturated heterocycles. The lowest BCUT2D eigenvalue weighted by Crippen LogP contribution is -2.45. The second-order valence-electron chi connectivity index (χ2n) is 6.55. The van der Waals surface area contributed by atoms with Gasteiger partial charge in [0.1, 0.15) is 6.54 Å². The van der Waals surface area contributed by atoms with Crippen LogP contribution >= 0.6 is 11.6 Å². The van der Waals surface area contributed by atoms with Crippen molar-refractivity contribution in [2.24, 2.45) is 0 Å². The van der Waals surface area contributed by atoms with E-state index in [1.165, 1.54) is 0 Å². The average molecular weight is 368 g/mol. The molecule has 0 bridgehead atoms. The standard InChI is InChI=1S/C21H22ClN3O/c1-15-20(22)16(2)25(24-15)14-19(26)23-21(3,17-10-6-4-7-11-17)18-12-8-5-9-13-18/h4-13H,14H2,1-3H3,(H,23,26). The Labute approximate surface area is 158 Å². The predicted molar refractivity (Wildman–Crippen MR) is 104 cm³/mol. The van der Waals surface area contributed by atoms with Crippen LogP contribution in [0, 0.1) is 13.8 Å². The number of amides is 1. The van der Waals surface area contributed by atoms with Gasteiger partial charge in [-0.1, -0.05) is 72.3 Å². The summed E-state index contributed by atoms with van der Waals surface area (Å²) in [5.41, 5.74) is 2.92. The highest BCUT2D eigenvalue weighted by molar-refractivity contribution is 6.31. The first-order valence-electron chi connectivity index (χ1n) is 8.53. The fraction of sp³-hybridized carbons (Fsp3) is 0.238. The number of aromatic nitrogens is 2. The Balaban J connectivity index is 1.91. The number of carbonyl (C=O) groups is 1. The number of halogens is 1. The number of hydrogen-bond acceptors (Lipinski definition) is 2. The highest BCUT2D eigenvalue weighted by Gasteiger charge is 2.30. The smallest absolute Gasteiger partial charge is 0.242 e. The monoisotopic (exact) mass is 367 g/mol. The van der Waals surface area contributed by atoms with E-state index in [0.29, 0.717) is 5.02 Å². The molecule has 0 aliphatic heterocycles. The van der Waals surface area contributed by atoms with E-state index in [0.717, 1.165) is 22.5 Å². The van der Waals surface area contributed by atoms with Crippen LogP contribution in [0.1, 0.15) is 29.4 Å². The Morgan fingerprint density at radius 3 is 1.96 bits per heavy atom. The Morgan fingerprint density at radius 2 is 1.54 bits per heavy atom. The number of carbonyl (C=O) groups excluding carboxylic acids is 1. The minimum atomic E-state index is -0.639. The van der Waals surface area contributed by atoms with E-state index in [9.17, 15) is 4.79 Å². The van der Waals surface area contributed by atoms with Crippen molar-refractivity contribution in [3.8, 4) is 0 Å². The maximum Gasteiger partial charge on any atom is 0.242 e. The molecule has 5 heteroatoms. The van der Waals surface area contributed by atoms with Crippen LogP contribution in [0.5, 0.6) is 0 Å². The molecule has 1 N–H and O–H groups in total. The van der Waals surface area contributed by atoms with Crippen LogP contribution in [-0.2, 0) is 16.9 Å². The number of nitrogens with zero attached hydrogens (tertiary/aromatic N) is 2. The third-order valence-corrected chi connectivity index (χ3v) is 5.23. The molecule has 2 aromatic carbocycles. The quantitative estimate of drug-likeness (QED) is 0.733. The van der Waals surface area contributed by atoms with Crippen molar-refractivity contribution >= 4 is 17.5 Å². The van der Waals surface area contributed by atoms with Gasteiger partial charge < -0.3 is 5.32 Å². The SMILES string of the molecule is Cc1nn(CC(=O)NC(C)(c2ccccc2)c2ccccc2)c(C)c1Cl. The van der Waals surface area contributed by atoms with Crippen molar-refractivity contribution in [1.82, 2.24) is 15.1 Å². The first-order chi connectivity index (χ1) is 12.4. The molecular formula is C21H22ClN3O. The van der Waals surface area contributed by atoms with E-state index in [2.05, 4.69) is 10.4 Å². The van der Waals surface area contributed by atoms with E-state index in [1.54, 1.807) is 4.68 Å². The summed E-state index contributed by atoms with van der Waals surface area (Å²) in [5.74, 6) is -0.123. The molecule has 26 heavy (non-hydrogen) atoms. The molecule has 4 nitrogen and oxygen atoms in total. The molecule has 0 aliphatic rings. The average Bonchev–Trinajstić information content (AvgIpc) is 2.89. The fourth-order valence-corrected chi connectivity index (χ4v) is 3.27. The molecular weight excluding hydrogens is 346 g/mol. The minimum Gasteiger partial charge on any atom is -0.341 e. The first kappa shape index (κ1) is 18.2. The van der Waals surface area contributed by atoms with Gasteiger partial charge in [-0.05, 0) is 31.9 Å². The second kappa shape index (κ2) is 7.34. The molecule has 1 amide bonds. The van der Waals surface area contributed by atoms with Crippen molar-refractivity contribution in [3.05, 3.63) is 88.2 Å². The molecule has 1 heterocycles. The molecule has 0 saturated carbocycles. The number of rotatable bonds is 5. The van der Waals surface area contributed by atoms with Gasteiger partial charge in [0.25, 0.3) is 0 Å². The van der Waals surface area contributed by atoms with Gasteiger partial charge >= 0.3 is 0 Å². The van der Waals surface area contributed by atoms with Crippen LogP contribution in [-0.4, -0.2) is 15.7 Å². The van der Waals surface area contributed by atoms with Crippen LogP contribution < -0.4 is 5.32 Å². The zero-order chi connectivity index (χ0) is 18.7. The third kappa shape index (κ3) is 3.51. The topological polar surface area (TPSA) is 46.9 Å². The van der Waals surface area contributed by atoms with Gasteiger partial charge in [0.2, 0.25) is 5.91 Å². The van der Waals surface area contributed by atoms with Crippen molar-refractivity contribution in [2.75, 3.05) is 0 Å². The summed E-state index contributed by atoms with van der Waals surface area (Å²) in [6, 6.07) is 19.9. The lowest BCUT2D eigenvalue weighted by molar-refractivity contribution is -0.123. The van der Waals surface area contributed by atoms with E-state index in [-0.39, 0.29) is 12.5 Å². The maximum absolute atomic E-state index is 12.8. The number of nitrogens with one attached hydrogen (secondary N) is 1. The second-order valence-corrected chi connectivity index (χ2v) is 6.93. The summed E-state index contributed by atoms with van der Waals surface area (Å²) in [4.78, 5) is 12.8. The van der Waals surface area contributed by atoms with E-state index in [4.69, 9.17) is 11.6 Å². The summed E-state index contributed by atoms with van der Waals surface area (Å²) in [5, 5.41) is 8.14. The Hall–Kier alpha value is -2.59. The zero-order valence-electron chi connectivity index (χ0n) is 15.2. The van der Waals surface area contributed by atoms with Crippen LogP contribution in [0.25, 0.3) is 0 Å². The van der Waals surface area contributed by atoms with Gasteiger partial charge in [-0.25, -0.2) is 0 Å². The van der Waals surface area contributed by atoms with Gasteiger partial charge in [-0.3, -0.25) is 9.48 Å². The van der Waals surface area contributed by atoms with Crippen LogP contribution in [0.2, 0.25) is 5.02 Å². The molecule has 0 radical (unpaired) electrons. The van der Waals surface area contributed by atoms with Crippen molar-refractivity contribution in [1.29, 1.82) is 0 Å². The van der Waals surface area contributed by atoms with E-state index >= 15 is 0 Å². The van der Waals surface area contributed by atoms with Gasteiger partial charge in [-0.2, -0.15) is 5.10 Å². The van der Waals surface area contributed by atoms with Gasteiger partial charge in [-0.15, -0.1) is 0 Å². The van der Waals surface area contributed by atoms with E-state index < -0.39 is 5.54 Å². The zero-order valence-corrected chi connectivity index (χ0v) is 15.9. The van der Waals surface area contributed by atoms with Crippen LogP contribution in [0.3, 0.4) is 0 Å². The number of benzene rings is 2. The minimum absolute atomic E-state index is 0.120. The summed E-state index contributed by atoms with van der Waals surface area (Å²) in [7, 11) is 0. The molecule has 0 fully saturated rings. The lowest BCUT2D eigenvalue weighted by atomic mass is 9.84. The molecule has 3 aromatic rings. The highest BCUT2D eigenvalue weighted by atomic mass is 35.5. The van der Waals surface area contributed by atoms with Crippen LogP contribution in [0.4, 0.5) is 0 Å². The van der Waals surface area contributed by atoms with Gasteiger partial charge in [0.15, 0.2) is 0 Å². The normalized spacial score (nSPS) is 11.4. The summed E-state index contributed by atoms with van der Waals surface area (Å²) < 4.78 is 1.64. The summed E-state index contributed by atoms with van der Waals surface area (Å²) in [6.45, 7) is 5.84. The van der Waals surface area contributed by atoms with E-state index in [1.807, 2.05) is 81.4 Å². The first-order valence-corrected chi connectivity index (χ1v) is 8.91. The molecule has 0 atom stereocenters. The third-order valence-electron chi connectivity index (χ3n) is 4.68. The molecule has 1 aromatic heterocycles. The van der Waals surface area contributed by atoms with Crippen molar-refractivity contribution in [2.45, 2.75) is 32.9 Å². The molecule has 0 spiro atoms. The Bertz CT molecular complexity index is 864. The van der Waals surface area contributed by atoms with Crippen molar-refractivity contribution in [3.63, 3.8) is 0 Å². The Morgan fingerprint density at radius 1 is 1.04 bits per heavy atom. The predicted octanol–water partition coefficient (Wildman–Crippen LogP) is 4.23.